The Bertz CT molecular complexity index is 701. The van der Waals surface area contributed by atoms with Crippen LogP contribution in [0.3, 0.4) is 0 Å². The number of nitrogens with two attached hydrogens (primary N) is 2. The van der Waals surface area contributed by atoms with E-state index in [9.17, 15) is 9.59 Å². The number of rotatable bonds is 6. The van der Waals surface area contributed by atoms with Gasteiger partial charge in [-0.25, -0.2) is 0 Å². The van der Waals surface area contributed by atoms with Crippen molar-refractivity contribution in [2.24, 2.45) is 11.5 Å². The van der Waals surface area contributed by atoms with Crippen LogP contribution < -0.4 is 16.4 Å². The Hall–Kier alpha value is -2.70. The minimum Gasteiger partial charge on any atom is -0.480 e. The lowest BCUT2D eigenvalue weighted by atomic mass is 10.1. The molecule has 0 aliphatic carbocycles. The number of benzene rings is 2. The molecule has 0 unspecified atom stereocenters. The second-order valence-corrected chi connectivity index (χ2v) is 5.01. The van der Waals surface area contributed by atoms with Crippen LogP contribution in [0.1, 0.15) is 21.5 Å². The summed E-state index contributed by atoms with van der Waals surface area (Å²) in [6, 6.07) is 13.7. The lowest BCUT2D eigenvalue weighted by Gasteiger charge is -2.22. The van der Waals surface area contributed by atoms with Crippen molar-refractivity contribution in [1.82, 2.24) is 0 Å². The van der Waals surface area contributed by atoms with Gasteiger partial charge in [-0.1, -0.05) is 24.3 Å². The van der Waals surface area contributed by atoms with Crippen molar-refractivity contribution in [2.75, 3.05) is 11.4 Å². The highest BCUT2D eigenvalue weighted by Gasteiger charge is 2.21. The Kier molecular flexibility index (Phi) is 5.46. The molecule has 5 N–H and O–H groups in total. The number of hydrogen-bond donors (Lipinski definition) is 3. The minimum atomic E-state index is -1.09. The first-order valence-electron chi connectivity index (χ1n) is 7.17. The fraction of sp³-hybridized carbons (Fsp3) is 0.176. The van der Waals surface area contributed by atoms with Gasteiger partial charge in [0.2, 0.25) is 0 Å². The Morgan fingerprint density at radius 2 is 1.61 bits per heavy atom. The van der Waals surface area contributed by atoms with Gasteiger partial charge in [0, 0.05) is 24.3 Å². The third-order valence-corrected chi connectivity index (χ3v) is 3.50. The van der Waals surface area contributed by atoms with E-state index in [-0.39, 0.29) is 12.5 Å². The van der Waals surface area contributed by atoms with Crippen molar-refractivity contribution in [3.63, 3.8) is 0 Å². The molecule has 6 heteroatoms. The summed E-state index contributed by atoms with van der Waals surface area (Å²) in [5.74, 6) is -1.47. The molecule has 120 valence electrons. The lowest BCUT2D eigenvalue weighted by Crippen LogP contribution is -2.35. The smallest absolute Gasteiger partial charge is 0.323 e. The zero-order valence-electron chi connectivity index (χ0n) is 12.6. The number of nitrogens with zero attached hydrogens (tertiary/aromatic N) is 1. The summed E-state index contributed by atoms with van der Waals surface area (Å²) in [4.78, 5) is 25.0. The van der Waals surface area contributed by atoms with E-state index >= 15 is 0 Å². The van der Waals surface area contributed by atoms with Crippen LogP contribution in [0.5, 0.6) is 0 Å². The monoisotopic (exact) mass is 313 g/mol. The quantitative estimate of drug-likeness (QED) is 0.745. The zero-order chi connectivity index (χ0) is 16.8. The fourth-order valence-electron chi connectivity index (χ4n) is 2.32. The molecule has 6 nitrogen and oxygen atoms in total. The number of anilines is 1. The average Bonchev–Trinajstić information content (AvgIpc) is 2.59. The maximum atomic E-state index is 12.6. The van der Waals surface area contributed by atoms with E-state index in [2.05, 4.69) is 0 Å². The highest BCUT2D eigenvalue weighted by atomic mass is 16.4. The van der Waals surface area contributed by atoms with Gasteiger partial charge < -0.3 is 16.6 Å². The van der Waals surface area contributed by atoms with Gasteiger partial charge in [0.25, 0.3) is 5.91 Å². The lowest BCUT2D eigenvalue weighted by molar-refractivity contribution is -0.135. The second-order valence-electron chi connectivity index (χ2n) is 5.01. The van der Waals surface area contributed by atoms with Crippen LogP contribution in [-0.2, 0) is 17.9 Å². The van der Waals surface area contributed by atoms with E-state index in [0.29, 0.717) is 17.8 Å². The van der Waals surface area contributed by atoms with Crippen LogP contribution in [0.4, 0.5) is 5.69 Å². The van der Waals surface area contributed by atoms with Gasteiger partial charge in [-0.05, 0) is 35.4 Å². The van der Waals surface area contributed by atoms with Gasteiger partial charge in [-0.15, -0.1) is 0 Å². The first kappa shape index (κ1) is 16.7. The molecule has 0 aliphatic rings. The van der Waals surface area contributed by atoms with E-state index in [4.69, 9.17) is 16.6 Å². The molecule has 2 aromatic rings. The van der Waals surface area contributed by atoms with E-state index in [1.807, 2.05) is 0 Å². The molecule has 2 rings (SSSR count). The molecule has 0 heterocycles. The summed E-state index contributed by atoms with van der Waals surface area (Å²) >= 11 is 0. The molecule has 1 amide bonds. The molecule has 23 heavy (non-hydrogen) atoms. The van der Waals surface area contributed by atoms with Crippen molar-refractivity contribution in [2.45, 2.75) is 13.1 Å². The normalized spacial score (nSPS) is 10.3. The van der Waals surface area contributed by atoms with Crippen molar-refractivity contribution < 1.29 is 14.7 Å². The van der Waals surface area contributed by atoms with Crippen LogP contribution in [0.2, 0.25) is 0 Å². The topological polar surface area (TPSA) is 110 Å². The Morgan fingerprint density at radius 3 is 2.17 bits per heavy atom. The van der Waals surface area contributed by atoms with E-state index in [0.717, 1.165) is 11.1 Å². The first-order valence-corrected chi connectivity index (χ1v) is 7.17. The van der Waals surface area contributed by atoms with Crippen LogP contribution in [-0.4, -0.2) is 23.5 Å². The van der Waals surface area contributed by atoms with Gasteiger partial charge in [-0.3, -0.25) is 14.5 Å². The number of carbonyl (C=O) groups is 2. The molecule has 0 bridgehead atoms. The van der Waals surface area contributed by atoms with E-state index in [1.54, 1.807) is 48.5 Å². The largest absolute Gasteiger partial charge is 0.480 e. The highest BCUT2D eigenvalue weighted by molar-refractivity contribution is 6.08. The minimum absolute atomic E-state index is 0.265. The SMILES string of the molecule is NCc1ccc(N(CC(=O)O)C(=O)c2ccccc2)cc1CN. The van der Waals surface area contributed by atoms with Gasteiger partial charge in [0.05, 0.1) is 0 Å². The van der Waals surface area contributed by atoms with Crippen LogP contribution in [0.25, 0.3) is 0 Å². The van der Waals surface area contributed by atoms with Gasteiger partial charge in [0.1, 0.15) is 6.54 Å². The molecule has 0 saturated heterocycles. The number of hydrogen-bond acceptors (Lipinski definition) is 4. The molecular formula is C17H19N3O3. The van der Waals surface area contributed by atoms with Crippen LogP contribution in [0, 0.1) is 0 Å². The highest BCUT2D eigenvalue weighted by Crippen LogP contribution is 2.21. The van der Waals surface area contributed by atoms with Crippen molar-refractivity contribution in [3.8, 4) is 0 Å². The molecule has 0 aromatic heterocycles. The van der Waals surface area contributed by atoms with E-state index < -0.39 is 12.5 Å². The summed E-state index contributed by atoms with van der Waals surface area (Å²) in [5.41, 5.74) is 13.9. The average molecular weight is 313 g/mol. The molecule has 0 spiro atoms. The van der Waals surface area contributed by atoms with Crippen LogP contribution in [0.15, 0.2) is 48.5 Å². The fourth-order valence-corrected chi connectivity index (χ4v) is 2.32. The maximum absolute atomic E-state index is 12.6. The molecule has 0 radical (unpaired) electrons. The number of amides is 1. The van der Waals surface area contributed by atoms with Crippen LogP contribution >= 0.6 is 0 Å². The molecule has 0 fully saturated rings. The van der Waals surface area contributed by atoms with Gasteiger partial charge in [0.15, 0.2) is 0 Å². The number of carbonyl (C=O) groups excluding carboxylic acids is 1. The Labute approximate surface area is 134 Å². The third kappa shape index (κ3) is 3.94. The van der Waals surface area contributed by atoms with E-state index in [1.165, 1.54) is 4.90 Å². The summed E-state index contributed by atoms with van der Waals surface area (Å²) in [6.45, 7) is 0.166. The summed E-state index contributed by atoms with van der Waals surface area (Å²) < 4.78 is 0. The predicted molar refractivity (Wildman–Crippen MR) is 88.0 cm³/mol. The van der Waals surface area contributed by atoms with Gasteiger partial charge in [-0.2, -0.15) is 0 Å². The van der Waals surface area contributed by atoms with Gasteiger partial charge >= 0.3 is 5.97 Å². The predicted octanol–water partition coefficient (Wildman–Crippen LogP) is 1.34. The van der Waals surface area contributed by atoms with Crippen molar-refractivity contribution in [1.29, 1.82) is 0 Å². The molecular weight excluding hydrogens is 294 g/mol. The third-order valence-electron chi connectivity index (χ3n) is 3.50. The summed E-state index contributed by atoms with van der Waals surface area (Å²) in [5, 5.41) is 9.13. The maximum Gasteiger partial charge on any atom is 0.323 e. The zero-order valence-corrected chi connectivity index (χ0v) is 12.6. The molecule has 0 atom stereocenters. The summed E-state index contributed by atoms with van der Waals surface area (Å²) in [7, 11) is 0. The first-order chi connectivity index (χ1) is 11.1. The number of carboxylic acids is 1. The number of aliphatic carboxylic acids is 1. The molecule has 0 aliphatic heterocycles. The van der Waals surface area contributed by atoms with Crippen molar-refractivity contribution in [3.05, 3.63) is 65.2 Å². The molecule has 2 aromatic carbocycles. The standard InChI is InChI=1S/C17H19N3O3/c18-9-13-6-7-15(8-14(13)10-19)20(11-16(21)22)17(23)12-4-2-1-3-5-12/h1-8H,9-11,18-19H2,(H,21,22). The Morgan fingerprint density at radius 1 is 0.957 bits per heavy atom. The summed E-state index contributed by atoms with van der Waals surface area (Å²) in [6.07, 6.45) is 0. The van der Waals surface area contributed by atoms with Crippen molar-refractivity contribution >= 4 is 17.6 Å². The second kappa shape index (κ2) is 7.53. The number of carboxylic acid groups (broad SMARTS) is 1. The molecule has 0 saturated carbocycles. The Balaban J connectivity index is 2.43.